The quantitative estimate of drug-likeness (QED) is 0.764. The molecule has 1 aliphatic rings. The number of rotatable bonds is 6. The minimum Gasteiger partial charge on any atom is -0.455 e. The molecule has 0 atom stereocenters. The highest BCUT2D eigenvalue weighted by atomic mass is 16.5. The number of ether oxygens (including phenoxy) is 1. The summed E-state index contributed by atoms with van der Waals surface area (Å²) >= 11 is 0. The smallest absolute Gasteiger partial charge is 0.310 e. The predicted octanol–water partition coefficient (Wildman–Crippen LogP) is 1.68. The molecule has 0 saturated heterocycles. The van der Waals surface area contributed by atoms with Crippen molar-refractivity contribution in [2.24, 2.45) is 0 Å². The molecule has 0 unspecified atom stereocenters. The topological polar surface area (TPSA) is 108 Å². The summed E-state index contributed by atoms with van der Waals surface area (Å²) in [5.74, 6) is -1.16. The summed E-state index contributed by atoms with van der Waals surface area (Å²) < 4.78 is 4.97. The van der Waals surface area contributed by atoms with Crippen LogP contribution in [0, 0.1) is 11.3 Å². The molecule has 7 nitrogen and oxygen atoms in total. The lowest BCUT2D eigenvalue weighted by Crippen LogP contribution is -2.46. The highest BCUT2D eigenvalue weighted by molar-refractivity contribution is 5.88. The molecule has 25 heavy (non-hydrogen) atoms. The van der Waals surface area contributed by atoms with Crippen LogP contribution in [-0.2, 0) is 25.5 Å². The number of nitrogens with zero attached hydrogens (tertiary/aromatic N) is 1. The molecule has 0 bridgehead atoms. The van der Waals surface area contributed by atoms with Crippen LogP contribution in [0.4, 0.5) is 5.69 Å². The van der Waals surface area contributed by atoms with Gasteiger partial charge >= 0.3 is 5.97 Å². The van der Waals surface area contributed by atoms with Gasteiger partial charge in [-0.05, 0) is 43.4 Å². The van der Waals surface area contributed by atoms with Crippen molar-refractivity contribution in [3.05, 3.63) is 29.8 Å². The third-order valence-corrected chi connectivity index (χ3v) is 4.04. The highest BCUT2D eigenvalue weighted by Crippen LogP contribution is 2.28. The summed E-state index contributed by atoms with van der Waals surface area (Å²) in [5, 5.41) is 14.5. The van der Waals surface area contributed by atoms with Crippen LogP contribution in [0.15, 0.2) is 24.3 Å². The zero-order chi connectivity index (χ0) is 18.3. The van der Waals surface area contributed by atoms with Gasteiger partial charge in [-0.25, -0.2) is 0 Å². The van der Waals surface area contributed by atoms with Crippen molar-refractivity contribution in [3.63, 3.8) is 0 Å². The second-order valence-corrected chi connectivity index (χ2v) is 6.16. The van der Waals surface area contributed by atoms with Gasteiger partial charge in [-0.3, -0.25) is 14.4 Å². The first-order valence-corrected chi connectivity index (χ1v) is 8.17. The number of anilines is 1. The van der Waals surface area contributed by atoms with Crippen molar-refractivity contribution in [3.8, 4) is 6.07 Å². The van der Waals surface area contributed by atoms with E-state index >= 15 is 0 Å². The first-order valence-electron chi connectivity index (χ1n) is 8.17. The Balaban J connectivity index is 1.77. The SMILES string of the molecule is CC(=O)Nc1ccc(CC(=O)OCC(=O)NC2(C#N)CCCC2)cc1. The maximum Gasteiger partial charge on any atom is 0.310 e. The van der Waals surface area contributed by atoms with Crippen molar-refractivity contribution in [1.82, 2.24) is 5.32 Å². The van der Waals surface area contributed by atoms with E-state index in [9.17, 15) is 19.6 Å². The van der Waals surface area contributed by atoms with E-state index in [1.807, 2.05) is 0 Å². The molecule has 1 saturated carbocycles. The predicted molar refractivity (Wildman–Crippen MR) is 90.4 cm³/mol. The summed E-state index contributed by atoms with van der Waals surface area (Å²) in [7, 11) is 0. The number of hydrogen-bond donors (Lipinski definition) is 2. The molecule has 0 spiro atoms. The van der Waals surface area contributed by atoms with Crippen molar-refractivity contribution in [2.75, 3.05) is 11.9 Å². The number of carbonyl (C=O) groups excluding carboxylic acids is 3. The molecular weight excluding hydrogens is 322 g/mol. The van der Waals surface area contributed by atoms with Crippen LogP contribution >= 0.6 is 0 Å². The average Bonchev–Trinajstić information content (AvgIpc) is 3.03. The second kappa shape index (κ2) is 8.29. The van der Waals surface area contributed by atoms with Gasteiger partial charge in [-0.15, -0.1) is 0 Å². The number of carbonyl (C=O) groups is 3. The van der Waals surface area contributed by atoms with Crippen molar-refractivity contribution in [1.29, 1.82) is 5.26 Å². The van der Waals surface area contributed by atoms with Crippen molar-refractivity contribution >= 4 is 23.5 Å². The lowest BCUT2D eigenvalue weighted by molar-refractivity contribution is -0.148. The molecule has 0 aromatic heterocycles. The van der Waals surface area contributed by atoms with Gasteiger partial charge in [0.15, 0.2) is 6.61 Å². The number of nitriles is 1. The first kappa shape index (κ1) is 18.5. The van der Waals surface area contributed by atoms with Crippen molar-refractivity contribution in [2.45, 2.75) is 44.6 Å². The van der Waals surface area contributed by atoms with E-state index in [4.69, 9.17) is 4.74 Å². The van der Waals surface area contributed by atoms with Gasteiger partial charge < -0.3 is 15.4 Å². The van der Waals surface area contributed by atoms with Crippen LogP contribution in [-0.4, -0.2) is 29.9 Å². The summed E-state index contributed by atoms with van der Waals surface area (Å²) in [5.41, 5.74) is 0.536. The Morgan fingerprint density at radius 3 is 2.40 bits per heavy atom. The van der Waals surface area contributed by atoms with Crippen LogP contribution < -0.4 is 10.6 Å². The largest absolute Gasteiger partial charge is 0.455 e. The average molecular weight is 343 g/mol. The van der Waals surface area contributed by atoms with Gasteiger partial charge in [0.2, 0.25) is 5.91 Å². The molecule has 1 aromatic carbocycles. The molecule has 1 aromatic rings. The number of nitrogens with one attached hydrogen (secondary N) is 2. The van der Waals surface area contributed by atoms with Gasteiger partial charge in [0.25, 0.3) is 5.91 Å². The molecular formula is C18H21N3O4. The van der Waals surface area contributed by atoms with E-state index in [1.54, 1.807) is 24.3 Å². The zero-order valence-corrected chi connectivity index (χ0v) is 14.1. The van der Waals surface area contributed by atoms with Crippen LogP contribution in [0.3, 0.4) is 0 Å². The monoisotopic (exact) mass is 343 g/mol. The lowest BCUT2D eigenvalue weighted by atomic mass is 10.00. The fourth-order valence-corrected chi connectivity index (χ4v) is 2.82. The Kier molecular flexibility index (Phi) is 6.12. The van der Waals surface area contributed by atoms with E-state index in [-0.39, 0.29) is 12.3 Å². The lowest BCUT2D eigenvalue weighted by Gasteiger charge is -2.21. The molecule has 7 heteroatoms. The maximum atomic E-state index is 11.9. The molecule has 132 valence electrons. The second-order valence-electron chi connectivity index (χ2n) is 6.16. The Morgan fingerprint density at radius 2 is 1.84 bits per heavy atom. The number of esters is 1. The fraction of sp³-hybridized carbons (Fsp3) is 0.444. The fourth-order valence-electron chi connectivity index (χ4n) is 2.82. The standard InChI is InChI=1S/C18H21N3O4/c1-13(22)20-15-6-4-14(5-7-15)10-17(24)25-11-16(23)21-18(12-19)8-2-3-9-18/h4-7H,2-3,8-11H2,1H3,(H,20,22)(H,21,23). The molecule has 1 fully saturated rings. The highest BCUT2D eigenvalue weighted by Gasteiger charge is 2.35. The van der Waals surface area contributed by atoms with Crippen LogP contribution in [0.2, 0.25) is 0 Å². The third kappa shape index (κ3) is 5.60. The van der Waals surface area contributed by atoms with E-state index in [0.29, 0.717) is 24.1 Å². The van der Waals surface area contributed by atoms with Gasteiger partial charge in [0.1, 0.15) is 5.54 Å². The molecule has 2 rings (SSSR count). The maximum absolute atomic E-state index is 11.9. The number of hydrogen-bond acceptors (Lipinski definition) is 5. The van der Waals surface area contributed by atoms with E-state index in [2.05, 4.69) is 16.7 Å². The molecule has 0 heterocycles. The Labute approximate surface area is 146 Å². The molecule has 1 aliphatic carbocycles. The first-order chi connectivity index (χ1) is 11.9. The molecule has 2 amide bonds. The summed E-state index contributed by atoms with van der Waals surface area (Å²) in [6.45, 7) is 1.02. The third-order valence-electron chi connectivity index (χ3n) is 4.04. The minimum atomic E-state index is -0.816. The van der Waals surface area contributed by atoms with E-state index in [0.717, 1.165) is 12.8 Å². The minimum absolute atomic E-state index is 0.0248. The normalized spacial score (nSPS) is 15.0. The zero-order valence-electron chi connectivity index (χ0n) is 14.1. The molecule has 0 aliphatic heterocycles. The van der Waals surface area contributed by atoms with Crippen LogP contribution in [0.5, 0.6) is 0 Å². The summed E-state index contributed by atoms with van der Waals surface area (Å²) in [6.07, 6.45) is 3.09. The van der Waals surface area contributed by atoms with E-state index < -0.39 is 24.0 Å². The Morgan fingerprint density at radius 1 is 1.20 bits per heavy atom. The molecule has 0 radical (unpaired) electrons. The van der Waals surface area contributed by atoms with Gasteiger partial charge in [0.05, 0.1) is 12.5 Å². The van der Waals surface area contributed by atoms with Gasteiger partial charge in [-0.2, -0.15) is 5.26 Å². The van der Waals surface area contributed by atoms with Crippen LogP contribution in [0.25, 0.3) is 0 Å². The molecule has 2 N–H and O–H groups in total. The van der Waals surface area contributed by atoms with Crippen molar-refractivity contribution < 1.29 is 19.1 Å². The Hall–Kier alpha value is -2.88. The number of benzene rings is 1. The van der Waals surface area contributed by atoms with Gasteiger partial charge in [0, 0.05) is 12.6 Å². The van der Waals surface area contributed by atoms with Gasteiger partial charge in [-0.1, -0.05) is 12.1 Å². The summed E-state index contributed by atoms with van der Waals surface area (Å²) in [4.78, 5) is 34.7. The van der Waals surface area contributed by atoms with E-state index in [1.165, 1.54) is 6.92 Å². The van der Waals surface area contributed by atoms with Crippen LogP contribution in [0.1, 0.15) is 38.2 Å². The number of amides is 2. The Bertz CT molecular complexity index is 685. The summed E-state index contributed by atoms with van der Waals surface area (Å²) in [6, 6.07) is 8.94.